The van der Waals surface area contributed by atoms with Crippen LogP contribution in [-0.4, -0.2) is 56.9 Å². The molecular formula is C13H29N3O. The second-order valence-corrected chi connectivity index (χ2v) is 4.77. The van der Waals surface area contributed by atoms with E-state index in [1.165, 1.54) is 0 Å². The number of nitrogens with zero attached hydrogens (tertiary/aromatic N) is 1. The van der Waals surface area contributed by atoms with Crippen molar-refractivity contribution < 1.29 is 4.74 Å². The Morgan fingerprint density at radius 3 is 2.47 bits per heavy atom. The van der Waals surface area contributed by atoms with Gasteiger partial charge >= 0.3 is 0 Å². The molecule has 1 atom stereocenters. The summed E-state index contributed by atoms with van der Waals surface area (Å²) in [6.07, 6.45) is 2.31. The third kappa shape index (κ3) is 5.34. The van der Waals surface area contributed by atoms with Gasteiger partial charge in [0, 0.05) is 38.9 Å². The molecule has 0 radical (unpaired) electrons. The van der Waals surface area contributed by atoms with Crippen molar-refractivity contribution in [1.82, 2.24) is 10.2 Å². The Balaban J connectivity index is 2.21. The van der Waals surface area contributed by atoms with Crippen molar-refractivity contribution >= 4 is 0 Å². The van der Waals surface area contributed by atoms with Gasteiger partial charge in [-0.3, -0.25) is 0 Å². The topological polar surface area (TPSA) is 50.5 Å². The van der Waals surface area contributed by atoms with Gasteiger partial charge < -0.3 is 20.7 Å². The molecule has 0 spiro atoms. The number of hydrogen-bond acceptors (Lipinski definition) is 4. The molecule has 4 heteroatoms. The van der Waals surface area contributed by atoms with E-state index in [1.807, 2.05) is 0 Å². The average molecular weight is 243 g/mol. The van der Waals surface area contributed by atoms with E-state index in [0.717, 1.165) is 58.8 Å². The zero-order valence-electron chi connectivity index (χ0n) is 11.5. The molecule has 0 aromatic carbocycles. The number of nitrogens with two attached hydrogens (primary N) is 1. The maximum atomic E-state index is 5.87. The molecular weight excluding hydrogens is 214 g/mol. The lowest BCUT2D eigenvalue weighted by molar-refractivity contribution is 0.0545. The molecule has 1 fully saturated rings. The van der Waals surface area contributed by atoms with E-state index < -0.39 is 0 Å². The van der Waals surface area contributed by atoms with Crippen LogP contribution in [0, 0.1) is 5.92 Å². The highest BCUT2D eigenvalue weighted by atomic mass is 16.5. The first kappa shape index (κ1) is 14.9. The number of likely N-dealkylation sites (N-methyl/N-ethyl adjacent to an activating group) is 1. The average Bonchev–Trinajstić information content (AvgIpc) is 2.40. The minimum atomic E-state index is 0.467. The summed E-state index contributed by atoms with van der Waals surface area (Å²) in [5.74, 6) is 0.699. The Labute approximate surface area is 106 Å². The number of nitrogens with one attached hydrogen (secondary N) is 1. The smallest absolute Gasteiger partial charge is 0.0469 e. The summed E-state index contributed by atoms with van der Waals surface area (Å²) in [4.78, 5) is 2.44. The van der Waals surface area contributed by atoms with Gasteiger partial charge in [-0.15, -0.1) is 0 Å². The normalized spacial score (nSPS) is 19.8. The van der Waals surface area contributed by atoms with Crippen LogP contribution < -0.4 is 11.1 Å². The van der Waals surface area contributed by atoms with E-state index in [-0.39, 0.29) is 0 Å². The number of ether oxygens (including phenoxy) is 1. The van der Waals surface area contributed by atoms with Gasteiger partial charge in [0.25, 0.3) is 0 Å². The molecule has 0 amide bonds. The lowest BCUT2D eigenvalue weighted by Crippen LogP contribution is -2.46. The first-order valence-electron chi connectivity index (χ1n) is 7.05. The molecule has 0 saturated carbocycles. The van der Waals surface area contributed by atoms with Crippen molar-refractivity contribution in [3.05, 3.63) is 0 Å². The van der Waals surface area contributed by atoms with Crippen molar-refractivity contribution in [2.45, 2.75) is 32.7 Å². The van der Waals surface area contributed by atoms with Gasteiger partial charge in [0.2, 0.25) is 0 Å². The van der Waals surface area contributed by atoms with Gasteiger partial charge in [-0.2, -0.15) is 0 Å². The van der Waals surface area contributed by atoms with Gasteiger partial charge in [0.15, 0.2) is 0 Å². The van der Waals surface area contributed by atoms with E-state index in [2.05, 4.69) is 24.1 Å². The third-order valence-corrected chi connectivity index (χ3v) is 3.82. The lowest BCUT2D eigenvalue weighted by atomic mass is 9.92. The fourth-order valence-corrected chi connectivity index (χ4v) is 2.51. The molecule has 1 saturated heterocycles. The van der Waals surface area contributed by atoms with Gasteiger partial charge in [0.05, 0.1) is 0 Å². The molecule has 0 aromatic rings. The molecule has 1 rings (SSSR count). The van der Waals surface area contributed by atoms with Crippen LogP contribution in [0.4, 0.5) is 0 Å². The van der Waals surface area contributed by atoms with Crippen LogP contribution in [0.2, 0.25) is 0 Å². The molecule has 0 aliphatic carbocycles. The van der Waals surface area contributed by atoms with Crippen molar-refractivity contribution in [1.29, 1.82) is 0 Å². The van der Waals surface area contributed by atoms with E-state index in [4.69, 9.17) is 10.5 Å². The van der Waals surface area contributed by atoms with Crippen molar-refractivity contribution in [2.75, 3.05) is 45.9 Å². The van der Waals surface area contributed by atoms with Crippen LogP contribution in [0.3, 0.4) is 0 Å². The van der Waals surface area contributed by atoms with Crippen LogP contribution in [0.25, 0.3) is 0 Å². The molecule has 102 valence electrons. The van der Waals surface area contributed by atoms with Gasteiger partial charge in [-0.05, 0) is 31.8 Å². The molecule has 1 unspecified atom stereocenters. The molecule has 17 heavy (non-hydrogen) atoms. The van der Waals surface area contributed by atoms with E-state index >= 15 is 0 Å². The molecule has 3 N–H and O–H groups in total. The Morgan fingerprint density at radius 2 is 1.94 bits per heavy atom. The van der Waals surface area contributed by atoms with E-state index in [1.54, 1.807) is 0 Å². The van der Waals surface area contributed by atoms with E-state index in [9.17, 15) is 0 Å². The predicted molar refractivity (Wildman–Crippen MR) is 72.2 cm³/mol. The number of rotatable bonds is 8. The zero-order valence-corrected chi connectivity index (χ0v) is 11.5. The number of hydrogen-bond donors (Lipinski definition) is 2. The Kier molecular flexibility index (Phi) is 7.77. The predicted octanol–water partition coefficient (Wildman–Crippen LogP) is 0.672. The SMILES string of the molecule is CCN(CC)CCNC(CN)C1CCOCC1. The maximum Gasteiger partial charge on any atom is 0.0469 e. The maximum absolute atomic E-state index is 5.87. The second-order valence-electron chi connectivity index (χ2n) is 4.77. The van der Waals surface area contributed by atoms with Crippen molar-refractivity contribution in [3.63, 3.8) is 0 Å². The summed E-state index contributed by atoms with van der Waals surface area (Å²) in [5.41, 5.74) is 5.87. The van der Waals surface area contributed by atoms with E-state index in [0.29, 0.717) is 12.0 Å². The third-order valence-electron chi connectivity index (χ3n) is 3.82. The van der Waals surface area contributed by atoms with Crippen molar-refractivity contribution in [3.8, 4) is 0 Å². The quantitative estimate of drug-likeness (QED) is 0.658. The molecule has 1 aliphatic rings. The fraction of sp³-hybridized carbons (Fsp3) is 1.00. The fourth-order valence-electron chi connectivity index (χ4n) is 2.51. The summed E-state index contributed by atoms with van der Waals surface area (Å²) < 4.78 is 5.40. The van der Waals surface area contributed by atoms with Crippen molar-refractivity contribution in [2.24, 2.45) is 11.7 Å². The molecule has 0 bridgehead atoms. The molecule has 1 heterocycles. The van der Waals surface area contributed by atoms with Crippen LogP contribution in [0.15, 0.2) is 0 Å². The highest BCUT2D eigenvalue weighted by molar-refractivity contribution is 4.79. The largest absolute Gasteiger partial charge is 0.381 e. The highest BCUT2D eigenvalue weighted by Gasteiger charge is 2.22. The summed E-state index contributed by atoms with van der Waals surface area (Å²) >= 11 is 0. The Bertz CT molecular complexity index is 180. The van der Waals surface area contributed by atoms with Crippen LogP contribution in [0.5, 0.6) is 0 Å². The molecule has 0 aromatic heterocycles. The summed E-state index contributed by atoms with van der Waals surface area (Å²) in [6.45, 7) is 11.4. The van der Waals surface area contributed by atoms with Crippen LogP contribution in [-0.2, 0) is 4.74 Å². The standard InChI is InChI=1S/C13H29N3O/c1-3-16(4-2)8-7-15-13(11-14)12-5-9-17-10-6-12/h12-13,15H,3-11,14H2,1-2H3. The Hall–Kier alpha value is -0.160. The summed E-state index contributed by atoms with van der Waals surface area (Å²) in [6, 6.07) is 0.467. The van der Waals surface area contributed by atoms with Gasteiger partial charge in [-0.25, -0.2) is 0 Å². The summed E-state index contributed by atoms with van der Waals surface area (Å²) in [5, 5.41) is 3.62. The molecule has 4 nitrogen and oxygen atoms in total. The second kappa shape index (κ2) is 8.86. The minimum absolute atomic E-state index is 0.467. The van der Waals surface area contributed by atoms with Gasteiger partial charge in [0.1, 0.15) is 0 Å². The monoisotopic (exact) mass is 243 g/mol. The zero-order chi connectivity index (χ0) is 12.5. The minimum Gasteiger partial charge on any atom is -0.381 e. The van der Waals surface area contributed by atoms with Crippen LogP contribution in [0.1, 0.15) is 26.7 Å². The lowest BCUT2D eigenvalue weighted by Gasteiger charge is -2.31. The first-order valence-corrected chi connectivity index (χ1v) is 7.05. The van der Waals surface area contributed by atoms with Crippen LogP contribution >= 0.6 is 0 Å². The first-order chi connectivity index (χ1) is 8.31. The summed E-state index contributed by atoms with van der Waals surface area (Å²) in [7, 11) is 0. The van der Waals surface area contributed by atoms with Gasteiger partial charge in [-0.1, -0.05) is 13.8 Å². The Morgan fingerprint density at radius 1 is 1.29 bits per heavy atom. The molecule has 1 aliphatic heterocycles. The highest BCUT2D eigenvalue weighted by Crippen LogP contribution is 2.18.